The molecular formula is C12H20N4S. The van der Waals surface area contributed by atoms with Crippen LogP contribution in [0.25, 0.3) is 0 Å². The average molecular weight is 252 g/mol. The third kappa shape index (κ3) is 3.93. The van der Waals surface area contributed by atoms with Gasteiger partial charge in [0, 0.05) is 13.1 Å². The van der Waals surface area contributed by atoms with E-state index in [-0.39, 0.29) is 5.84 Å². The van der Waals surface area contributed by atoms with E-state index in [1.807, 2.05) is 17.8 Å². The van der Waals surface area contributed by atoms with Crippen LogP contribution in [0.1, 0.15) is 19.0 Å². The lowest BCUT2D eigenvalue weighted by atomic mass is 10.2. The highest BCUT2D eigenvalue weighted by molar-refractivity contribution is 7.98. The van der Waals surface area contributed by atoms with Crippen LogP contribution in [0, 0.1) is 5.41 Å². The van der Waals surface area contributed by atoms with Gasteiger partial charge < -0.3 is 10.6 Å². The van der Waals surface area contributed by atoms with Crippen LogP contribution >= 0.6 is 11.8 Å². The third-order valence-electron chi connectivity index (χ3n) is 2.83. The monoisotopic (exact) mass is 252 g/mol. The molecule has 5 heteroatoms. The van der Waals surface area contributed by atoms with Crippen molar-refractivity contribution in [2.24, 2.45) is 5.73 Å². The lowest BCUT2D eigenvalue weighted by Crippen LogP contribution is -2.29. The molecule has 0 fully saturated rings. The highest BCUT2D eigenvalue weighted by atomic mass is 32.2. The SMILES string of the molecule is CSCCC(C)N(C)c1ccc(C(=N)N)nc1. The van der Waals surface area contributed by atoms with E-state index in [9.17, 15) is 0 Å². The van der Waals surface area contributed by atoms with E-state index >= 15 is 0 Å². The smallest absolute Gasteiger partial charge is 0.141 e. The minimum Gasteiger partial charge on any atom is -0.382 e. The summed E-state index contributed by atoms with van der Waals surface area (Å²) in [6.45, 7) is 2.20. The van der Waals surface area contributed by atoms with Gasteiger partial charge in [-0.25, -0.2) is 0 Å². The van der Waals surface area contributed by atoms with Crippen LogP contribution in [0.3, 0.4) is 0 Å². The Hall–Kier alpha value is -1.23. The number of hydrogen-bond acceptors (Lipinski definition) is 4. The molecule has 1 aromatic heterocycles. The molecule has 0 amide bonds. The van der Waals surface area contributed by atoms with Gasteiger partial charge >= 0.3 is 0 Å². The first-order chi connectivity index (χ1) is 8.06. The lowest BCUT2D eigenvalue weighted by Gasteiger charge is -2.26. The Morgan fingerprint density at radius 1 is 1.59 bits per heavy atom. The maximum atomic E-state index is 7.29. The summed E-state index contributed by atoms with van der Waals surface area (Å²) in [5, 5.41) is 7.29. The number of pyridine rings is 1. The van der Waals surface area contributed by atoms with Gasteiger partial charge in [0.1, 0.15) is 11.5 Å². The normalized spacial score (nSPS) is 12.2. The number of nitrogens with zero attached hydrogens (tertiary/aromatic N) is 2. The molecule has 4 nitrogen and oxygen atoms in total. The van der Waals surface area contributed by atoms with Gasteiger partial charge in [0.25, 0.3) is 0 Å². The molecule has 0 bridgehead atoms. The third-order valence-corrected chi connectivity index (χ3v) is 3.48. The van der Waals surface area contributed by atoms with Crippen LogP contribution in [0.15, 0.2) is 18.3 Å². The molecule has 1 unspecified atom stereocenters. The van der Waals surface area contributed by atoms with E-state index in [0.717, 1.165) is 17.9 Å². The highest BCUT2D eigenvalue weighted by Gasteiger charge is 2.10. The molecule has 1 rings (SSSR count). The Morgan fingerprint density at radius 2 is 2.29 bits per heavy atom. The van der Waals surface area contributed by atoms with Crippen LogP contribution < -0.4 is 10.6 Å². The summed E-state index contributed by atoms with van der Waals surface area (Å²) in [6.07, 6.45) is 5.04. The zero-order valence-corrected chi connectivity index (χ0v) is 11.4. The van der Waals surface area contributed by atoms with Crippen molar-refractivity contribution in [3.8, 4) is 0 Å². The number of thioether (sulfide) groups is 1. The first-order valence-corrected chi connectivity index (χ1v) is 6.98. The van der Waals surface area contributed by atoms with Gasteiger partial charge in [-0.1, -0.05) is 0 Å². The van der Waals surface area contributed by atoms with Gasteiger partial charge in [-0.15, -0.1) is 0 Å². The van der Waals surface area contributed by atoms with E-state index in [4.69, 9.17) is 11.1 Å². The number of hydrogen-bond donors (Lipinski definition) is 2. The zero-order valence-electron chi connectivity index (χ0n) is 10.6. The van der Waals surface area contributed by atoms with E-state index in [1.165, 1.54) is 0 Å². The molecule has 1 heterocycles. The second kappa shape index (κ2) is 6.49. The number of rotatable bonds is 6. The Bertz CT molecular complexity index is 363. The number of nitrogens with one attached hydrogen (secondary N) is 1. The molecule has 0 aliphatic rings. The van der Waals surface area contributed by atoms with E-state index in [0.29, 0.717) is 11.7 Å². The topological polar surface area (TPSA) is 66.0 Å². The fourth-order valence-electron chi connectivity index (χ4n) is 1.49. The first-order valence-electron chi connectivity index (χ1n) is 5.58. The van der Waals surface area contributed by atoms with E-state index in [2.05, 4.69) is 30.1 Å². The van der Waals surface area contributed by atoms with Crippen LogP contribution in [0.4, 0.5) is 5.69 Å². The van der Waals surface area contributed by atoms with Crippen molar-refractivity contribution < 1.29 is 0 Å². The van der Waals surface area contributed by atoms with Crippen molar-refractivity contribution in [1.29, 1.82) is 5.41 Å². The summed E-state index contributed by atoms with van der Waals surface area (Å²) in [5.74, 6) is 1.17. The van der Waals surface area contributed by atoms with E-state index in [1.54, 1.807) is 12.3 Å². The van der Waals surface area contributed by atoms with Gasteiger partial charge in [0.2, 0.25) is 0 Å². The van der Waals surface area contributed by atoms with Crippen molar-refractivity contribution in [2.75, 3.05) is 24.0 Å². The van der Waals surface area contributed by atoms with Gasteiger partial charge in [0.05, 0.1) is 11.9 Å². The van der Waals surface area contributed by atoms with Gasteiger partial charge in [0.15, 0.2) is 0 Å². The standard InChI is InChI=1S/C12H20N4S/c1-9(6-7-17-3)16(2)10-4-5-11(12(13)14)15-8-10/h4-5,8-9H,6-7H2,1-3H3,(H3,13,14). The molecule has 3 N–H and O–H groups in total. The Balaban J connectivity index is 2.68. The fourth-order valence-corrected chi connectivity index (χ4v) is 2.07. The highest BCUT2D eigenvalue weighted by Crippen LogP contribution is 2.16. The van der Waals surface area contributed by atoms with Gasteiger partial charge in [-0.05, 0) is 37.5 Å². The predicted octanol–water partition coefficient (Wildman–Crippen LogP) is 1.94. The average Bonchev–Trinajstić information content (AvgIpc) is 2.35. The number of aromatic nitrogens is 1. The summed E-state index contributed by atoms with van der Waals surface area (Å²) in [4.78, 5) is 6.37. The van der Waals surface area contributed by atoms with Crippen LogP contribution in [0.2, 0.25) is 0 Å². The Morgan fingerprint density at radius 3 is 2.76 bits per heavy atom. The molecule has 1 aromatic rings. The molecule has 1 atom stereocenters. The summed E-state index contributed by atoms with van der Waals surface area (Å²) < 4.78 is 0. The molecule has 17 heavy (non-hydrogen) atoms. The fraction of sp³-hybridized carbons (Fsp3) is 0.500. The maximum absolute atomic E-state index is 7.29. The van der Waals surface area contributed by atoms with Gasteiger partial charge in [-0.2, -0.15) is 11.8 Å². The van der Waals surface area contributed by atoms with E-state index < -0.39 is 0 Å². The second-order valence-corrected chi connectivity index (χ2v) is 5.04. The summed E-state index contributed by atoms with van der Waals surface area (Å²) in [5.41, 5.74) is 6.96. The maximum Gasteiger partial charge on any atom is 0.141 e. The molecule has 0 aromatic carbocycles. The molecule has 0 aliphatic heterocycles. The van der Waals surface area contributed by atoms with Crippen LogP contribution in [-0.4, -0.2) is 35.9 Å². The summed E-state index contributed by atoms with van der Waals surface area (Å²) in [7, 11) is 2.06. The Labute approximate surface area is 107 Å². The second-order valence-electron chi connectivity index (χ2n) is 4.06. The van der Waals surface area contributed by atoms with Crippen LogP contribution in [-0.2, 0) is 0 Å². The molecular weight excluding hydrogens is 232 g/mol. The van der Waals surface area contributed by atoms with Crippen molar-refractivity contribution in [2.45, 2.75) is 19.4 Å². The molecule has 94 valence electrons. The lowest BCUT2D eigenvalue weighted by molar-refractivity contribution is 0.668. The minimum atomic E-state index is 0.00892. The summed E-state index contributed by atoms with van der Waals surface area (Å²) >= 11 is 1.86. The molecule has 0 aliphatic carbocycles. The number of nitrogen functional groups attached to an aromatic ring is 1. The van der Waals surface area contributed by atoms with Crippen molar-refractivity contribution in [3.05, 3.63) is 24.0 Å². The predicted molar refractivity (Wildman–Crippen MR) is 76.1 cm³/mol. The molecule has 0 saturated heterocycles. The first kappa shape index (κ1) is 13.8. The molecule has 0 spiro atoms. The molecule has 0 radical (unpaired) electrons. The zero-order chi connectivity index (χ0) is 12.8. The summed E-state index contributed by atoms with van der Waals surface area (Å²) in [6, 6.07) is 4.22. The quantitative estimate of drug-likeness (QED) is 0.600. The van der Waals surface area contributed by atoms with Crippen molar-refractivity contribution in [1.82, 2.24) is 4.98 Å². The number of nitrogens with two attached hydrogens (primary N) is 1. The number of amidine groups is 1. The largest absolute Gasteiger partial charge is 0.382 e. The van der Waals surface area contributed by atoms with Gasteiger partial charge in [-0.3, -0.25) is 10.4 Å². The van der Waals surface area contributed by atoms with Crippen LogP contribution in [0.5, 0.6) is 0 Å². The molecule has 0 saturated carbocycles. The van der Waals surface area contributed by atoms with Crippen molar-refractivity contribution in [3.63, 3.8) is 0 Å². The van der Waals surface area contributed by atoms with Crippen molar-refractivity contribution >= 4 is 23.3 Å². The minimum absolute atomic E-state index is 0.00892. The number of anilines is 1. The Kier molecular flexibility index (Phi) is 5.28.